The molecule has 3 rings (SSSR count). The summed E-state index contributed by atoms with van der Waals surface area (Å²) in [5.74, 6) is 1.52. The fourth-order valence-corrected chi connectivity index (χ4v) is 4.74. The van der Waals surface area contributed by atoms with Crippen LogP contribution in [-0.2, 0) is 16.4 Å². The summed E-state index contributed by atoms with van der Waals surface area (Å²) in [5, 5.41) is 8.25. The first kappa shape index (κ1) is 16.1. The van der Waals surface area contributed by atoms with E-state index in [2.05, 4.69) is 15.1 Å². The van der Waals surface area contributed by atoms with Gasteiger partial charge in [0.2, 0.25) is 11.8 Å². The van der Waals surface area contributed by atoms with Gasteiger partial charge in [-0.3, -0.25) is 4.90 Å². The molecule has 0 spiro atoms. The number of aromatic nitrogens is 2. The Morgan fingerprint density at radius 3 is 2.74 bits per heavy atom. The van der Waals surface area contributed by atoms with E-state index in [1.54, 1.807) is 0 Å². The van der Waals surface area contributed by atoms with Gasteiger partial charge in [-0.1, -0.05) is 25.1 Å². The Kier molecular flexibility index (Phi) is 4.50. The molecule has 124 valence electrons. The van der Waals surface area contributed by atoms with Gasteiger partial charge in [0.25, 0.3) is 0 Å². The van der Waals surface area contributed by atoms with Crippen LogP contribution in [0.25, 0.3) is 11.5 Å². The lowest BCUT2D eigenvalue weighted by Crippen LogP contribution is -2.35. The second-order valence-electron chi connectivity index (χ2n) is 5.94. The van der Waals surface area contributed by atoms with E-state index in [1.165, 1.54) is 0 Å². The van der Waals surface area contributed by atoms with Crippen molar-refractivity contribution in [3.63, 3.8) is 0 Å². The third-order valence-corrected chi connectivity index (χ3v) is 6.06. The van der Waals surface area contributed by atoms with E-state index < -0.39 is 9.84 Å². The van der Waals surface area contributed by atoms with Crippen molar-refractivity contribution in [2.45, 2.75) is 32.9 Å². The van der Waals surface area contributed by atoms with Crippen molar-refractivity contribution in [3.8, 4) is 11.5 Å². The average molecular weight is 335 g/mol. The molecule has 1 aliphatic heterocycles. The van der Waals surface area contributed by atoms with Gasteiger partial charge in [-0.05, 0) is 31.5 Å². The summed E-state index contributed by atoms with van der Waals surface area (Å²) < 4.78 is 29.1. The summed E-state index contributed by atoms with van der Waals surface area (Å²) >= 11 is 0. The monoisotopic (exact) mass is 335 g/mol. The fourth-order valence-electron chi connectivity index (χ4n) is 2.98. The highest BCUT2D eigenvalue weighted by Crippen LogP contribution is 2.23. The Balaban J connectivity index is 1.74. The molecule has 7 heteroatoms. The van der Waals surface area contributed by atoms with Crippen LogP contribution in [0.5, 0.6) is 0 Å². The van der Waals surface area contributed by atoms with Crippen molar-refractivity contribution >= 4 is 9.84 Å². The third kappa shape index (κ3) is 3.61. The maximum absolute atomic E-state index is 11.7. The van der Waals surface area contributed by atoms with Crippen LogP contribution < -0.4 is 0 Å². The largest absolute Gasteiger partial charge is 0.419 e. The fraction of sp³-hybridized carbons (Fsp3) is 0.500. The highest BCUT2D eigenvalue weighted by molar-refractivity contribution is 7.91. The number of sulfone groups is 1. The van der Waals surface area contributed by atoms with Crippen molar-refractivity contribution in [3.05, 3.63) is 35.7 Å². The molecule has 2 heterocycles. The van der Waals surface area contributed by atoms with Gasteiger partial charge >= 0.3 is 0 Å². The lowest BCUT2D eigenvalue weighted by atomic mass is 10.1. The minimum Gasteiger partial charge on any atom is -0.419 e. The van der Waals surface area contributed by atoms with Gasteiger partial charge in [0.1, 0.15) is 0 Å². The maximum atomic E-state index is 11.7. The molecule has 1 aliphatic rings. The van der Waals surface area contributed by atoms with Crippen LogP contribution in [0.4, 0.5) is 0 Å². The second kappa shape index (κ2) is 6.41. The van der Waals surface area contributed by atoms with Gasteiger partial charge in [-0.25, -0.2) is 8.42 Å². The van der Waals surface area contributed by atoms with E-state index in [4.69, 9.17) is 4.42 Å². The molecule has 1 fully saturated rings. The molecular formula is C16H21N3O3S. The highest BCUT2D eigenvalue weighted by atomic mass is 32.2. The van der Waals surface area contributed by atoms with E-state index in [0.717, 1.165) is 17.7 Å². The molecule has 1 aromatic heterocycles. The van der Waals surface area contributed by atoms with Crippen LogP contribution in [-0.4, -0.2) is 47.6 Å². The van der Waals surface area contributed by atoms with Crippen molar-refractivity contribution in [2.75, 3.05) is 18.1 Å². The molecule has 6 nitrogen and oxygen atoms in total. The normalized spacial score (nSPS) is 20.2. The Morgan fingerprint density at radius 1 is 1.30 bits per heavy atom. The van der Waals surface area contributed by atoms with Gasteiger partial charge in [-0.2, -0.15) is 0 Å². The zero-order valence-electron chi connectivity index (χ0n) is 13.4. The Bertz CT molecular complexity index is 785. The molecule has 2 aromatic rings. The van der Waals surface area contributed by atoms with Crippen LogP contribution in [0.3, 0.4) is 0 Å². The first-order chi connectivity index (χ1) is 11.0. The van der Waals surface area contributed by atoms with E-state index >= 15 is 0 Å². The molecule has 1 aromatic carbocycles. The van der Waals surface area contributed by atoms with Crippen LogP contribution >= 0.6 is 0 Å². The summed E-state index contributed by atoms with van der Waals surface area (Å²) in [5.41, 5.74) is 2.01. The summed E-state index contributed by atoms with van der Waals surface area (Å²) in [4.78, 5) is 2.10. The summed E-state index contributed by atoms with van der Waals surface area (Å²) in [6.45, 7) is 5.25. The summed E-state index contributed by atoms with van der Waals surface area (Å²) in [6.07, 6.45) is 0.676. The molecule has 0 amide bonds. The molecule has 0 aliphatic carbocycles. The Hall–Kier alpha value is -1.73. The zero-order valence-corrected chi connectivity index (χ0v) is 14.2. The number of aryl methyl sites for hydroxylation is 1. The van der Waals surface area contributed by atoms with Crippen LogP contribution in [0.2, 0.25) is 0 Å². The number of hydrogen-bond acceptors (Lipinski definition) is 6. The van der Waals surface area contributed by atoms with Gasteiger partial charge in [0.15, 0.2) is 9.84 Å². The molecule has 0 saturated carbocycles. The van der Waals surface area contributed by atoms with Gasteiger partial charge in [-0.15, -0.1) is 10.2 Å². The van der Waals surface area contributed by atoms with Crippen molar-refractivity contribution < 1.29 is 12.8 Å². The molecular weight excluding hydrogens is 314 g/mol. The van der Waals surface area contributed by atoms with Crippen LogP contribution in [0, 0.1) is 6.92 Å². The number of hydrogen-bond donors (Lipinski definition) is 0. The van der Waals surface area contributed by atoms with Gasteiger partial charge < -0.3 is 4.42 Å². The lowest BCUT2D eigenvalue weighted by Gasteiger charge is -2.24. The summed E-state index contributed by atoms with van der Waals surface area (Å²) in [7, 11) is -2.89. The second-order valence-corrected chi connectivity index (χ2v) is 8.16. The molecule has 0 N–H and O–H groups in total. The average Bonchev–Trinajstić information content (AvgIpc) is 3.11. The van der Waals surface area contributed by atoms with Crippen molar-refractivity contribution in [1.29, 1.82) is 0 Å². The molecule has 1 saturated heterocycles. The summed E-state index contributed by atoms with van der Waals surface area (Å²) in [6, 6.07) is 7.90. The van der Waals surface area contributed by atoms with Gasteiger partial charge in [0, 0.05) is 11.6 Å². The van der Waals surface area contributed by atoms with Crippen molar-refractivity contribution in [1.82, 2.24) is 15.1 Å². The molecule has 1 atom stereocenters. The minimum atomic E-state index is -2.89. The van der Waals surface area contributed by atoms with Gasteiger partial charge in [0.05, 0.1) is 18.1 Å². The Morgan fingerprint density at radius 2 is 2.09 bits per heavy atom. The van der Waals surface area contributed by atoms with E-state index in [-0.39, 0.29) is 17.5 Å². The van der Waals surface area contributed by atoms with Crippen LogP contribution in [0.15, 0.2) is 28.7 Å². The topological polar surface area (TPSA) is 76.3 Å². The van der Waals surface area contributed by atoms with E-state index in [0.29, 0.717) is 24.7 Å². The van der Waals surface area contributed by atoms with Crippen LogP contribution in [0.1, 0.15) is 24.8 Å². The number of rotatable bonds is 5. The van der Waals surface area contributed by atoms with E-state index in [9.17, 15) is 8.42 Å². The predicted octanol–water partition coefficient (Wildman–Crippen LogP) is 2.05. The molecule has 0 bridgehead atoms. The lowest BCUT2D eigenvalue weighted by molar-refractivity contribution is 0.195. The standard InChI is InChI=1S/C16H21N3O3S/c1-3-19(13-8-9-23(20,21)11-13)10-15-17-18-16(22-15)14-7-5-4-6-12(14)2/h4-7,13H,3,8-11H2,1-2H3. The molecule has 0 radical (unpaired) electrons. The third-order valence-electron chi connectivity index (χ3n) is 4.31. The van der Waals surface area contributed by atoms with Crippen molar-refractivity contribution in [2.24, 2.45) is 0 Å². The molecule has 1 unspecified atom stereocenters. The Labute approximate surface area is 136 Å². The predicted molar refractivity (Wildman–Crippen MR) is 87.6 cm³/mol. The SMILES string of the molecule is CCN(Cc1nnc(-c2ccccc2C)o1)C1CCS(=O)(=O)C1. The zero-order chi connectivity index (χ0) is 16.4. The number of nitrogens with zero attached hydrogens (tertiary/aromatic N) is 3. The van der Waals surface area contributed by atoms with E-state index in [1.807, 2.05) is 38.1 Å². The highest BCUT2D eigenvalue weighted by Gasteiger charge is 2.32. The first-order valence-electron chi connectivity index (χ1n) is 7.81. The maximum Gasteiger partial charge on any atom is 0.248 e. The minimum absolute atomic E-state index is 0.0406. The smallest absolute Gasteiger partial charge is 0.248 e. The molecule has 23 heavy (non-hydrogen) atoms. The first-order valence-corrected chi connectivity index (χ1v) is 9.63. The number of benzene rings is 1. The quantitative estimate of drug-likeness (QED) is 0.832.